The predicted molar refractivity (Wildman–Crippen MR) is 91.5 cm³/mol. The number of hydrogen-bond acceptors (Lipinski definition) is 8. The van der Waals surface area contributed by atoms with Crippen LogP contribution in [0.2, 0.25) is 0 Å². The van der Waals surface area contributed by atoms with Gasteiger partial charge in [0.05, 0.1) is 19.4 Å². The molecular formula is C18H23NO7. The molecule has 1 aliphatic heterocycles. The number of piperidine rings is 1. The number of ether oxygens (including phenoxy) is 3. The molecular weight excluding hydrogens is 342 g/mol. The van der Waals surface area contributed by atoms with Crippen LogP contribution in [0.3, 0.4) is 0 Å². The van der Waals surface area contributed by atoms with E-state index in [2.05, 4.69) is 6.58 Å². The number of anilines is 1. The van der Waals surface area contributed by atoms with Crippen LogP contribution in [0.15, 0.2) is 29.4 Å². The molecule has 1 aromatic heterocycles. The lowest BCUT2D eigenvalue weighted by atomic mass is 10.0. The molecule has 0 N–H and O–H groups in total. The van der Waals surface area contributed by atoms with Gasteiger partial charge in [-0.2, -0.15) is 0 Å². The largest absolute Gasteiger partial charge is 0.457 e. The topological polar surface area (TPSA) is 95.3 Å². The van der Waals surface area contributed by atoms with E-state index in [0.29, 0.717) is 12.3 Å². The number of hydrogen-bond donors (Lipinski definition) is 0. The molecule has 1 aliphatic rings. The van der Waals surface area contributed by atoms with Gasteiger partial charge in [0.25, 0.3) is 0 Å². The van der Waals surface area contributed by atoms with Crippen LogP contribution < -0.4 is 4.90 Å². The maximum atomic E-state index is 11.5. The van der Waals surface area contributed by atoms with Crippen LogP contribution in [0.1, 0.15) is 26.3 Å². The van der Waals surface area contributed by atoms with E-state index >= 15 is 0 Å². The van der Waals surface area contributed by atoms with Gasteiger partial charge in [-0.3, -0.25) is 14.4 Å². The molecule has 1 saturated heterocycles. The molecule has 8 nitrogen and oxygen atoms in total. The van der Waals surface area contributed by atoms with Crippen LogP contribution >= 0.6 is 0 Å². The van der Waals surface area contributed by atoms with Crippen molar-refractivity contribution in [3.05, 3.63) is 30.5 Å². The van der Waals surface area contributed by atoms with Crippen LogP contribution in [0.25, 0.3) is 0 Å². The van der Waals surface area contributed by atoms with Gasteiger partial charge in [-0.1, -0.05) is 6.08 Å². The van der Waals surface area contributed by atoms with Gasteiger partial charge in [0.2, 0.25) is 0 Å². The quantitative estimate of drug-likeness (QED) is 0.426. The highest BCUT2D eigenvalue weighted by Crippen LogP contribution is 2.29. The number of esters is 3. The summed E-state index contributed by atoms with van der Waals surface area (Å²) in [5, 5.41) is 0. The summed E-state index contributed by atoms with van der Waals surface area (Å²) in [6.07, 6.45) is 1.37. The fourth-order valence-corrected chi connectivity index (χ4v) is 3.02. The zero-order chi connectivity index (χ0) is 19.3. The summed E-state index contributed by atoms with van der Waals surface area (Å²) in [7, 11) is 0. The summed E-state index contributed by atoms with van der Waals surface area (Å²) >= 11 is 0. The van der Waals surface area contributed by atoms with E-state index in [1.54, 1.807) is 17.2 Å². The van der Waals surface area contributed by atoms with Gasteiger partial charge in [-0.25, -0.2) is 0 Å². The normalized spacial score (nSPS) is 22.4. The first-order valence-electron chi connectivity index (χ1n) is 8.25. The second kappa shape index (κ2) is 8.55. The van der Waals surface area contributed by atoms with Crippen LogP contribution in [0, 0.1) is 0 Å². The second-order valence-electron chi connectivity index (χ2n) is 6.02. The molecule has 0 spiro atoms. The number of carbonyl (C=O) groups excluding carboxylic acids is 3. The summed E-state index contributed by atoms with van der Waals surface area (Å²) in [5.41, 5.74) is 0.897. The molecule has 1 aromatic rings. The molecule has 3 atom stereocenters. The monoisotopic (exact) mass is 365 g/mol. The van der Waals surface area contributed by atoms with E-state index in [4.69, 9.17) is 18.6 Å². The standard InChI is InChI=1S/C18H23NO7/c1-5-6-14-7-8-23-18(14)19-9-15(24-11(2)20)17(26-13(4)22)16(10-19)25-12(3)21/h5,7-8,15-17H,1,6,9-10H2,2-4H3/t15-,16?,17?/m1/s1. The third-order valence-electron chi connectivity index (χ3n) is 3.85. The number of allylic oxidation sites excluding steroid dienone is 1. The molecule has 0 bridgehead atoms. The Hall–Kier alpha value is -2.77. The van der Waals surface area contributed by atoms with Crippen molar-refractivity contribution >= 4 is 23.8 Å². The highest BCUT2D eigenvalue weighted by atomic mass is 16.6. The Kier molecular flexibility index (Phi) is 6.43. The summed E-state index contributed by atoms with van der Waals surface area (Å²) in [5.74, 6) is -1.04. The fourth-order valence-electron chi connectivity index (χ4n) is 3.02. The number of rotatable bonds is 6. The second-order valence-corrected chi connectivity index (χ2v) is 6.02. The minimum absolute atomic E-state index is 0.229. The minimum atomic E-state index is -0.894. The van der Waals surface area contributed by atoms with Gasteiger partial charge in [0.1, 0.15) is 0 Å². The van der Waals surface area contributed by atoms with Crippen molar-refractivity contribution in [3.8, 4) is 0 Å². The average Bonchev–Trinajstić information content (AvgIpc) is 2.97. The van der Waals surface area contributed by atoms with E-state index in [1.807, 2.05) is 6.07 Å². The van der Waals surface area contributed by atoms with Crippen LogP contribution in [-0.2, 0) is 35.0 Å². The van der Waals surface area contributed by atoms with Crippen LogP contribution in [0.4, 0.5) is 5.88 Å². The van der Waals surface area contributed by atoms with Gasteiger partial charge in [0, 0.05) is 26.3 Å². The Morgan fingerprint density at radius 3 is 2.12 bits per heavy atom. The van der Waals surface area contributed by atoms with E-state index in [-0.39, 0.29) is 13.1 Å². The first-order chi connectivity index (χ1) is 12.3. The Morgan fingerprint density at radius 2 is 1.65 bits per heavy atom. The molecule has 2 rings (SSSR count). The van der Waals surface area contributed by atoms with Crippen molar-refractivity contribution in [2.24, 2.45) is 0 Å². The summed E-state index contributed by atoms with van der Waals surface area (Å²) in [4.78, 5) is 36.3. The fraction of sp³-hybridized carbons (Fsp3) is 0.500. The molecule has 26 heavy (non-hydrogen) atoms. The highest BCUT2D eigenvalue weighted by Gasteiger charge is 2.44. The van der Waals surface area contributed by atoms with Crippen LogP contribution in [-0.4, -0.2) is 49.3 Å². The van der Waals surface area contributed by atoms with E-state index in [1.165, 1.54) is 20.8 Å². The minimum Gasteiger partial charge on any atom is -0.457 e. The van der Waals surface area contributed by atoms with Crippen molar-refractivity contribution in [1.82, 2.24) is 0 Å². The summed E-state index contributed by atoms with van der Waals surface area (Å²) in [6.45, 7) is 7.95. The van der Waals surface area contributed by atoms with E-state index in [9.17, 15) is 14.4 Å². The predicted octanol–water partition coefficient (Wildman–Crippen LogP) is 1.62. The molecule has 0 saturated carbocycles. The van der Waals surface area contributed by atoms with Crippen molar-refractivity contribution in [1.29, 1.82) is 0 Å². The molecule has 0 radical (unpaired) electrons. The zero-order valence-electron chi connectivity index (χ0n) is 15.1. The summed E-state index contributed by atoms with van der Waals surface area (Å²) < 4.78 is 21.5. The number of nitrogens with zero attached hydrogens (tertiary/aromatic N) is 1. The third-order valence-corrected chi connectivity index (χ3v) is 3.85. The molecule has 2 unspecified atom stereocenters. The van der Waals surface area contributed by atoms with Gasteiger partial charge in [0.15, 0.2) is 24.2 Å². The van der Waals surface area contributed by atoms with Crippen molar-refractivity contribution in [2.75, 3.05) is 18.0 Å². The molecule has 2 heterocycles. The lowest BCUT2D eigenvalue weighted by molar-refractivity contribution is -0.184. The number of furan rings is 1. The Morgan fingerprint density at radius 1 is 1.12 bits per heavy atom. The van der Waals surface area contributed by atoms with Gasteiger partial charge in [-0.15, -0.1) is 6.58 Å². The Labute approximate surface area is 151 Å². The first-order valence-corrected chi connectivity index (χ1v) is 8.25. The SMILES string of the molecule is C=CCc1ccoc1N1CC(OC(C)=O)C(OC(C)=O)[C@H](OC(C)=O)C1. The van der Waals surface area contributed by atoms with Crippen molar-refractivity contribution in [2.45, 2.75) is 45.5 Å². The molecule has 0 amide bonds. The lowest BCUT2D eigenvalue weighted by Crippen LogP contribution is -2.59. The van der Waals surface area contributed by atoms with Crippen LogP contribution in [0.5, 0.6) is 0 Å². The molecule has 0 aliphatic carbocycles. The van der Waals surface area contributed by atoms with E-state index < -0.39 is 36.2 Å². The molecule has 8 heteroatoms. The Balaban J connectivity index is 2.33. The molecule has 142 valence electrons. The van der Waals surface area contributed by atoms with Crippen molar-refractivity contribution in [3.63, 3.8) is 0 Å². The van der Waals surface area contributed by atoms with Gasteiger partial charge >= 0.3 is 17.9 Å². The maximum absolute atomic E-state index is 11.5. The van der Waals surface area contributed by atoms with E-state index in [0.717, 1.165) is 5.56 Å². The van der Waals surface area contributed by atoms with Gasteiger partial charge < -0.3 is 23.5 Å². The molecule has 0 aromatic carbocycles. The molecule has 1 fully saturated rings. The lowest BCUT2D eigenvalue weighted by Gasteiger charge is -2.41. The third kappa shape index (κ3) is 4.87. The van der Waals surface area contributed by atoms with Crippen molar-refractivity contribution < 1.29 is 33.0 Å². The van der Waals surface area contributed by atoms with Gasteiger partial charge in [-0.05, 0) is 12.5 Å². The zero-order valence-corrected chi connectivity index (χ0v) is 15.1. The smallest absolute Gasteiger partial charge is 0.303 e. The first kappa shape index (κ1) is 19.6. The average molecular weight is 365 g/mol. The number of carbonyl (C=O) groups is 3. The highest BCUT2D eigenvalue weighted by molar-refractivity contribution is 5.68. The summed E-state index contributed by atoms with van der Waals surface area (Å²) in [6, 6.07) is 1.82. The Bertz CT molecular complexity index is 655. The maximum Gasteiger partial charge on any atom is 0.303 e.